The van der Waals surface area contributed by atoms with E-state index in [2.05, 4.69) is 20.4 Å². The number of piperazine rings is 1. The number of nitrogens with one attached hydrogen (secondary N) is 2. The first-order chi connectivity index (χ1) is 19.4. The Hall–Kier alpha value is -4.61. The van der Waals surface area contributed by atoms with Gasteiger partial charge in [0.1, 0.15) is 11.6 Å². The third kappa shape index (κ3) is 6.33. The molecular formula is C29H26FN5O4S. The van der Waals surface area contributed by atoms with Crippen molar-refractivity contribution in [2.24, 2.45) is 0 Å². The lowest BCUT2D eigenvalue weighted by molar-refractivity contribution is -0.384. The molecule has 0 aliphatic carbocycles. The molecule has 204 valence electrons. The number of nitro benzene ring substituents is 1. The van der Waals surface area contributed by atoms with E-state index in [-0.39, 0.29) is 33.7 Å². The van der Waals surface area contributed by atoms with Crippen LogP contribution in [0.2, 0.25) is 0 Å². The van der Waals surface area contributed by atoms with Gasteiger partial charge in [-0.3, -0.25) is 25.1 Å². The molecule has 0 spiro atoms. The summed E-state index contributed by atoms with van der Waals surface area (Å²) in [6.45, 7) is 3.91. The first-order valence-corrected chi connectivity index (χ1v) is 13.0. The number of benzene rings is 3. The molecule has 1 aromatic heterocycles. The van der Waals surface area contributed by atoms with Gasteiger partial charge < -0.3 is 14.6 Å². The van der Waals surface area contributed by atoms with Crippen LogP contribution >= 0.6 is 12.2 Å². The SMILES string of the molecule is O=C(NC(=S)Nc1ccc(N2CCN(Cc3ccccc3F)CC2)cc1)c1ccc(-c2ccccc2[N+](=O)[O-])o1. The highest BCUT2D eigenvalue weighted by Crippen LogP contribution is 2.31. The van der Waals surface area contributed by atoms with Crippen LogP contribution in [-0.2, 0) is 6.54 Å². The Bertz CT molecular complexity index is 1530. The molecule has 1 fully saturated rings. The number of halogens is 1. The zero-order valence-electron chi connectivity index (χ0n) is 21.4. The maximum absolute atomic E-state index is 14.0. The van der Waals surface area contributed by atoms with E-state index in [9.17, 15) is 19.3 Å². The summed E-state index contributed by atoms with van der Waals surface area (Å²) in [5.41, 5.74) is 2.63. The molecule has 2 heterocycles. The zero-order valence-corrected chi connectivity index (χ0v) is 22.2. The molecule has 1 amide bonds. The molecule has 1 saturated heterocycles. The Labute approximate surface area is 235 Å². The third-order valence-electron chi connectivity index (χ3n) is 6.64. The molecular weight excluding hydrogens is 533 g/mol. The van der Waals surface area contributed by atoms with Crippen molar-refractivity contribution in [3.8, 4) is 11.3 Å². The van der Waals surface area contributed by atoms with Crippen LogP contribution in [0.4, 0.5) is 21.5 Å². The van der Waals surface area contributed by atoms with Crippen LogP contribution in [0, 0.1) is 15.9 Å². The molecule has 40 heavy (non-hydrogen) atoms. The van der Waals surface area contributed by atoms with Gasteiger partial charge in [0, 0.05) is 55.7 Å². The average Bonchev–Trinajstić information content (AvgIpc) is 3.46. The van der Waals surface area contributed by atoms with Crippen LogP contribution in [0.1, 0.15) is 16.1 Å². The molecule has 1 aliphatic heterocycles. The summed E-state index contributed by atoms with van der Waals surface area (Å²) in [5.74, 6) is -0.566. The molecule has 4 aromatic rings. The topological polar surface area (TPSA) is 104 Å². The van der Waals surface area contributed by atoms with Crippen molar-refractivity contribution < 1.29 is 18.5 Å². The largest absolute Gasteiger partial charge is 0.451 e. The van der Waals surface area contributed by atoms with E-state index in [1.165, 1.54) is 24.3 Å². The number of carbonyl (C=O) groups is 1. The van der Waals surface area contributed by atoms with Gasteiger partial charge in [0.25, 0.3) is 11.6 Å². The van der Waals surface area contributed by atoms with E-state index < -0.39 is 10.8 Å². The average molecular weight is 560 g/mol. The number of hydrogen-bond donors (Lipinski definition) is 2. The molecule has 0 radical (unpaired) electrons. The number of anilines is 2. The minimum absolute atomic E-state index is 0.0261. The second-order valence-corrected chi connectivity index (χ2v) is 9.66. The van der Waals surface area contributed by atoms with Crippen LogP contribution in [-0.4, -0.2) is 47.0 Å². The minimum atomic E-state index is -0.577. The fourth-order valence-electron chi connectivity index (χ4n) is 4.56. The van der Waals surface area contributed by atoms with Gasteiger partial charge in [-0.2, -0.15) is 0 Å². The van der Waals surface area contributed by atoms with Crippen molar-refractivity contribution in [3.05, 3.63) is 112 Å². The Morgan fingerprint density at radius 3 is 2.38 bits per heavy atom. The number of nitrogens with zero attached hydrogens (tertiary/aromatic N) is 3. The summed E-state index contributed by atoms with van der Waals surface area (Å²) in [4.78, 5) is 27.9. The standard InChI is InChI=1S/C29H26FN5O4S/c30-24-7-3-1-5-20(24)19-33-15-17-34(18-16-33)22-11-9-21(10-12-22)31-29(40)32-28(36)27-14-13-26(39-27)23-6-2-4-8-25(23)35(37)38/h1-14H,15-19H2,(H2,31,32,36,40). The number of amides is 1. The first-order valence-electron chi connectivity index (χ1n) is 12.6. The third-order valence-corrected chi connectivity index (χ3v) is 6.84. The normalized spacial score (nSPS) is 13.6. The van der Waals surface area contributed by atoms with Gasteiger partial charge in [0.15, 0.2) is 10.9 Å². The number of thiocarbonyl (C=S) groups is 1. The number of furan rings is 1. The van der Waals surface area contributed by atoms with E-state index in [0.717, 1.165) is 31.9 Å². The highest BCUT2D eigenvalue weighted by molar-refractivity contribution is 7.80. The van der Waals surface area contributed by atoms with Crippen LogP contribution in [0.5, 0.6) is 0 Å². The van der Waals surface area contributed by atoms with Crippen LogP contribution < -0.4 is 15.5 Å². The van der Waals surface area contributed by atoms with Crippen molar-refractivity contribution in [1.82, 2.24) is 10.2 Å². The Balaban J connectivity index is 1.12. The molecule has 11 heteroatoms. The van der Waals surface area contributed by atoms with E-state index in [1.54, 1.807) is 24.3 Å². The number of rotatable bonds is 7. The van der Waals surface area contributed by atoms with Gasteiger partial charge >= 0.3 is 0 Å². The predicted molar refractivity (Wildman–Crippen MR) is 155 cm³/mol. The number of para-hydroxylation sites is 1. The first kappa shape index (κ1) is 27.0. The molecule has 0 bridgehead atoms. The molecule has 2 N–H and O–H groups in total. The molecule has 1 aliphatic rings. The van der Waals surface area contributed by atoms with Crippen LogP contribution in [0.25, 0.3) is 11.3 Å². The minimum Gasteiger partial charge on any atom is -0.451 e. The van der Waals surface area contributed by atoms with Crippen molar-refractivity contribution in [1.29, 1.82) is 0 Å². The summed E-state index contributed by atoms with van der Waals surface area (Å²) >= 11 is 5.28. The van der Waals surface area contributed by atoms with Crippen molar-refractivity contribution in [2.45, 2.75) is 6.54 Å². The van der Waals surface area contributed by atoms with E-state index in [1.807, 2.05) is 36.4 Å². The van der Waals surface area contributed by atoms with Gasteiger partial charge in [0.05, 0.1) is 10.5 Å². The molecule has 0 atom stereocenters. The zero-order chi connectivity index (χ0) is 28.1. The van der Waals surface area contributed by atoms with E-state index >= 15 is 0 Å². The molecule has 5 rings (SSSR count). The molecule has 9 nitrogen and oxygen atoms in total. The monoisotopic (exact) mass is 559 g/mol. The quantitative estimate of drug-likeness (QED) is 0.175. The lowest BCUT2D eigenvalue weighted by Gasteiger charge is -2.36. The molecule has 0 saturated carbocycles. The van der Waals surface area contributed by atoms with E-state index in [0.29, 0.717) is 17.8 Å². The second kappa shape index (κ2) is 12.1. The van der Waals surface area contributed by atoms with Gasteiger partial charge in [-0.1, -0.05) is 30.3 Å². The van der Waals surface area contributed by atoms with Crippen molar-refractivity contribution in [3.63, 3.8) is 0 Å². The number of carbonyl (C=O) groups excluding carboxylic acids is 1. The summed E-state index contributed by atoms with van der Waals surface area (Å²) in [5, 5.41) is 16.9. The van der Waals surface area contributed by atoms with Gasteiger partial charge in [0.2, 0.25) is 0 Å². The summed E-state index contributed by atoms with van der Waals surface area (Å²) in [6, 6.07) is 23.7. The smallest absolute Gasteiger partial charge is 0.293 e. The van der Waals surface area contributed by atoms with Gasteiger partial charge in [-0.05, 0) is 60.7 Å². The maximum Gasteiger partial charge on any atom is 0.293 e. The fraction of sp³-hybridized carbons (Fsp3) is 0.172. The summed E-state index contributed by atoms with van der Waals surface area (Å²) in [7, 11) is 0. The second-order valence-electron chi connectivity index (χ2n) is 9.25. The number of hydrogen-bond acceptors (Lipinski definition) is 7. The molecule has 0 unspecified atom stereocenters. The molecule has 3 aromatic carbocycles. The van der Waals surface area contributed by atoms with Gasteiger partial charge in [-0.15, -0.1) is 0 Å². The van der Waals surface area contributed by atoms with Gasteiger partial charge in [-0.25, -0.2) is 4.39 Å². The highest BCUT2D eigenvalue weighted by Gasteiger charge is 2.21. The fourth-order valence-corrected chi connectivity index (χ4v) is 4.77. The van der Waals surface area contributed by atoms with Crippen LogP contribution in [0.3, 0.4) is 0 Å². The summed E-state index contributed by atoms with van der Waals surface area (Å²) < 4.78 is 19.5. The van der Waals surface area contributed by atoms with Crippen LogP contribution in [0.15, 0.2) is 89.3 Å². The lowest BCUT2D eigenvalue weighted by atomic mass is 10.1. The Kier molecular flexibility index (Phi) is 8.13. The summed E-state index contributed by atoms with van der Waals surface area (Å²) in [6.07, 6.45) is 0. The lowest BCUT2D eigenvalue weighted by Crippen LogP contribution is -2.46. The highest BCUT2D eigenvalue weighted by atomic mass is 32.1. The predicted octanol–water partition coefficient (Wildman–Crippen LogP) is 5.44. The number of nitro groups is 1. The maximum atomic E-state index is 14.0. The van der Waals surface area contributed by atoms with Crippen molar-refractivity contribution >= 4 is 40.3 Å². The van der Waals surface area contributed by atoms with Crippen molar-refractivity contribution in [2.75, 3.05) is 36.4 Å². The Morgan fingerprint density at radius 1 is 0.950 bits per heavy atom. The van der Waals surface area contributed by atoms with E-state index in [4.69, 9.17) is 16.6 Å². The Morgan fingerprint density at radius 2 is 1.65 bits per heavy atom.